The third-order valence-electron chi connectivity index (χ3n) is 4.77. The summed E-state index contributed by atoms with van der Waals surface area (Å²) in [4.78, 5) is 21.4. The number of morpholine rings is 1. The molecule has 0 radical (unpaired) electrons. The smallest absolute Gasteiger partial charge is 0.379 e. The number of hydrogen-bond donors (Lipinski definition) is 1. The molecule has 1 fully saturated rings. The van der Waals surface area contributed by atoms with Crippen molar-refractivity contribution in [1.29, 1.82) is 0 Å². The van der Waals surface area contributed by atoms with Gasteiger partial charge in [0.15, 0.2) is 17.4 Å². The van der Waals surface area contributed by atoms with E-state index in [0.717, 1.165) is 12.1 Å². The first kappa shape index (κ1) is 25.4. The molecule has 0 atom stereocenters. The van der Waals surface area contributed by atoms with E-state index >= 15 is 0 Å². The molecule has 0 bridgehead atoms. The summed E-state index contributed by atoms with van der Waals surface area (Å²) in [6, 6.07) is 3.27. The summed E-state index contributed by atoms with van der Waals surface area (Å²) in [5.74, 6) is -3.33. The van der Waals surface area contributed by atoms with Gasteiger partial charge in [0.25, 0.3) is 0 Å². The molecule has 0 unspecified atom stereocenters. The molecule has 1 aliphatic rings. The van der Waals surface area contributed by atoms with E-state index in [4.69, 9.17) is 21.0 Å². The topological polar surface area (TPSA) is 146 Å². The Morgan fingerprint density at radius 3 is 2.72 bits per heavy atom. The van der Waals surface area contributed by atoms with Crippen molar-refractivity contribution in [3.8, 4) is 0 Å². The lowest BCUT2D eigenvalue weighted by molar-refractivity contribution is -0.203. The van der Waals surface area contributed by atoms with Gasteiger partial charge in [-0.1, -0.05) is 16.8 Å². The number of halogens is 5. The van der Waals surface area contributed by atoms with Crippen LogP contribution >= 0.6 is 11.6 Å². The van der Waals surface area contributed by atoms with Crippen molar-refractivity contribution in [2.45, 2.75) is 19.3 Å². The van der Waals surface area contributed by atoms with Crippen LogP contribution in [0.3, 0.4) is 0 Å². The van der Waals surface area contributed by atoms with Crippen molar-refractivity contribution in [1.82, 2.24) is 40.9 Å². The third kappa shape index (κ3) is 6.29. The fourth-order valence-electron chi connectivity index (χ4n) is 3.01. The maximum Gasteiger partial charge on any atom is 0.493 e. The molecule has 0 saturated carbocycles. The Morgan fingerprint density at radius 2 is 2.00 bits per heavy atom. The monoisotopic (exact) mass is 533 g/mol. The molecule has 13 nitrogen and oxygen atoms in total. The van der Waals surface area contributed by atoms with Crippen molar-refractivity contribution >= 4 is 29.1 Å². The first-order valence-corrected chi connectivity index (χ1v) is 10.5. The molecule has 1 N–H and O–H groups in total. The largest absolute Gasteiger partial charge is 0.493 e. The normalized spacial score (nSPS) is 15.2. The molecule has 0 amide bonds. The van der Waals surface area contributed by atoms with Gasteiger partial charge in [-0.05, 0) is 33.8 Å². The van der Waals surface area contributed by atoms with Crippen LogP contribution in [0.2, 0.25) is 5.02 Å². The second-order valence-corrected chi connectivity index (χ2v) is 7.66. The predicted molar refractivity (Wildman–Crippen MR) is 110 cm³/mol. The Balaban J connectivity index is 1.60. The van der Waals surface area contributed by atoms with Crippen molar-refractivity contribution in [2.24, 2.45) is 4.99 Å². The zero-order valence-electron chi connectivity index (χ0n) is 18.1. The average molecular weight is 534 g/mol. The number of carbonyl (C=O) groups is 1. The van der Waals surface area contributed by atoms with Gasteiger partial charge in [0.05, 0.1) is 37.0 Å². The van der Waals surface area contributed by atoms with Crippen molar-refractivity contribution in [3.63, 3.8) is 0 Å². The zero-order chi connectivity index (χ0) is 25.7. The highest BCUT2D eigenvalue weighted by molar-refractivity contribution is 6.31. The number of rotatable bonds is 6. The number of hydrogen-bond acceptors (Lipinski definition) is 11. The molecule has 18 heteroatoms. The Kier molecular flexibility index (Phi) is 7.70. The second-order valence-electron chi connectivity index (χ2n) is 7.25. The Bertz CT molecular complexity index is 1240. The molecular weight excluding hydrogens is 518 g/mol. The molecule has 0 aliphatic carbocycles. The summed E-state index contributed by atoms with van der Waals surface area (Å²) in [7, 11) is 0. The molecule has 3 aromatic rings. The molecule has 1 aliphatic heterocycles. The Hall–Kier alpha value is -3.70. The van der Waals surface area contributed by atoms with E-state index < -0.39 is 23.8 Å². The number of amidine groups is 1. The van der Waals surface area contributed by atoms with Crippen LogP contribution in [0, 0.1) is 5.82 Å². The van der Waals surface area contributed by atoms with Gasteiger partial charge in [0.1, 0.15) is 11.5 Å². The number of aromatic nitrogens is 6. The zero-order valence-corrected chi connectivity index (χ0v) is 18.8. The van der Waals surface area contributed by atoms with Crippen LogP contribution in [-0.2, 0) is 27.5 Å². The number of benzene rings is 1. The summed E-state index contributed by atoms with van der Waals surface area (Å²) in [5.41, 5.74) is 1.62. The summed E-state index contributed by atoms with van der Waals surface area (Å²) in [6.45, 7) is 2.75. The van der Waals surface area contributed by atoms with Gasteiger partial charge >= 0.3 is 12.1 Å². The van der Waals surface area contributed by atoms with E-state index in [9.17, 15) is 22.4 Å². The number of ether oxygens (including phenoxy) is 1. The number of nitrogens with zero attached hydrogens (tertiary/aromatic N) is 8. The minimum Gasteiger partial charge on any atom is -0.379 e. The summed E-state index contributed by atoms with van der Waals surface area (Å²) >= 11 is 5.75. The number of tetrazole rings is 1. The Morgan fingerprint density at radius 1 is 1.22 bits per heavy atom. The highest BCUT2D eigenvalue weighted by Gasteiger charge is 2.42. The Labute approximate surface area is 203 Å². The summed E-state index contributed by atoms with van der Waals surface area (Å²) < 4.78 is 62.9. The van der Waals surface area contributed by atoms with E-state index in [2.05, 4.69) is 40.6 Å². The molecule has 0 spiro atoms. The SMILES string of the molecule is O=C(ONC(=Nc1ccc(F)c(Cl)c1)c1nonc1Cn1nnnc1CN1CCOCC1)C(F)(F)F. The average Bonchev–Trinajstić information content (AvgIpc) is 3.48. The van der Waals surface area contributed by atoms with Crippen LogP contribution in [0.5, 0.6) is 0 Å². The van der Waals surface area contributed by atoms with E-state index in [1.54, 1.807) is 0 Å². The third-order valence-corrected chi connectivity index (χ3v) is 5.06. The van der Waals surface area contributed by atoms with Crippen molar-refractivity contribution < 1.29 is 36.6 Å². The number of carbonyl (C=O) groups excluding carboxylic acids is 1. The molecule has 1 aromatic carbocycles. The molecule has 4 rings (SSSR count). The molecule has 192 valence electrons. The van der Waals surface area contributed by atoms with Crippen LogP contribution in [0.1, 0.15) is 17.2 Å². The van der Waals surface area contributed by atoms with Gasteiger partial charge < -0.3 is 9.57 Å². The van der Waals surface area contributed by atoms with E-state index in [1.165, 1.54) is 10.7 Å². The van der Waals surface area contributed by atoms with Crippen molar-refractivity contribution in [2.75, 3.05) is 26.3 Å². The highest BCUT2D eigenvalue weighted by atomic mass is 35.5. The number of alkyl halides is 3. The number of hydroxylamine groups is 1. The van der Waals surface area contributed by atoms with Gasteiger partial charge in [0.2, 0.25) is 0 Å². The molecule has 36 heavy (non-hydrogen) atoms. The van der Waals surface area contributed by atoms with Crippen LogP contribution < -0.4 is 5.48 Å². The minimum atomic E-state index is -5.29. The van der Waals surface area contributed by atoms with Gasteiger partial charge in [0, 0.05) is 13.1 Å². The molecule has 1 saturated heterocycles. The van der Waals surface area contributed by atoms with Crippen LogP contribution in [0.4, 0.5) is 23.2 Å². The van der Waals surface area contributed by atoms with Gasteiger partial charge in [-0.15, -0.1) is 5.10 Å². The molecular formula is C18H16ClF4N9O4. The lowest BCUT2D eigenvalue weighted by Gasteiger charge is -2.25. The maximum absolute atomic E-state index is 13.5. The number of nitrogens with one attached hydrogen (secondary N) is 1. The minimum absolute atomic E-state index is 0.00339. The second kappa shape index (κ2) is 10.9. The van der Waals surface area contributed by atoms with Gasteiger partial charge in [-0.25, -0.2) is 23.5 Å². The standard InChI is InChI=1S/C18H16ClF4N9O4/c19-11-7-10(1-2-12(11)20)24-16(28-35-17(33)18(21,22)23)15-13(26-36-27-15)8-32-14(25-29-30-32)9-31-3-5-34-6-4-31/h1-2,7H,3-6,8-9H2,(H,24,28). The van der Waals surface area contributed by atoms with E-state index in [1.807, 2.05) is 5.48 Å². The summed E-state index contributed by atoms with van der Waals surface area (Å²) in [6.07, 6.45) is -5.29. The van der Waals surface area contributed by atoms with E-state index in [-0.39, 0.29) is 28.6 Å². The first-order chi connectivity index (χ1) is 17.2. The predicted octanol–water partition coefficient (Wildman–Crippen LogP) is 1.42. The lowest BCUT2D eigenvalue weighted by Crippen LogP contribution is -2.36. The fraction of sp³-hybridized carbons (Fsp3) is 0.389. The first-order valence-electron chi connectivity index (χ1n) is 10.2. The lowest BCUT2D eigenvalue weighted by atomic mass is 10.2. The molecule has 3 heterocycles. The number of aliphatic imine (C=N–C) groups is 1. The van der Waals surface area contributed by atoms with Gasteiger partial charge in [-0.2, -0.15) is 18.7 Å². The highest BCUT2D eigenvalue weighted by Crippen LogP contribution is 2.23. The molecule has 2 aromatic heterocycles. The van der Waals surface area contributed by atoms with Crippen LogP contribution in [0.25, 0.3) is 0 Å². The quantitative estimate of drug-likeness (QED) is 0.212. The van der Waals surface area contributed by atoms with Crippen LogP contribution in [-0.4, -0.2) is 79.7 Å². The fourth-order valence-corrected chi connectivity index (χ4v) is 3.19. The van der Waals surface area contributed by atoms with Crippen molar-refractivity contribution in [3.05, 3.63) is 46.3 Å². The van der Waals surface area contributed by atoms with Crippen LogP contribution in [0.15, 0.2) is 27.8 Å². The van der Waals surface area contributed by atoms with E-state index in [0.29, 0.717) is 38.7 Å². The van der Waals surface area contributed by atoms with Gasteiger partial charge in [-0.3, -0.25) is 4.90 Å². The maximum atomic E-state index is 13.5. The summed E-state index contributed by atoms with van der Waals surface area (Å²) in [5, 5.41) is 18.6.